The molecule has 0 saturated heterocycles. The number of likely N-dealkylation sites (N-methyl/N-ethyl adjacent to an activating group) is 1. The lowest BCUT2D eigenvalue weighted by Crippen LogP contribution is -2.35. The van der Waals surface area contributed by atoms with Gasteiger partial charge in [0.25, 0.3) is 5.91 Å². The molecule has 21 heavy (non-hydrogen) atoms. The summed E-state index contributed by atoms with van der Waals surface area (Å²) in [5.41, 5.74) is 0.691. The lowest BCUT2D eigenvalue weighted by Gasteiger charge is -2.18. The predicted octanol–water partition coefficient (Wildman–Crippen LogP) is 2.82. The van der Waals surface area contributed by atoms with Crippen LogP contribution in [0.15, 0.2) is 17.5 Å². The number of carbonyl (C=O) groups excluding carboxylic acids is 2. The monoisotopic (exact) mass is 324 g/mol. The maximum atomic E-state index is 12.5. The van der Waals surface area contributed by atoms with Crippen molar-refractivity contribution in [3.63, 3.8) is 0 Å². The molecule has 2 aromatic rings. The number of methoxy groups -OCH3 is 1. The maximum Gasteiger partial charge on any atom is 0.325 e. The molecule has 0 atom stereocenters. The lowest BCUT2D eigenvalue weighted by molar-refractivity contribution is -0.141. The number of esters is 1. The number of ether oxygens (including phenoxy) is 1. The van der Waals surface area contributed by atoms with E-state index in [-0.39, 0.29) is 12.5 Å². The summed E-state index contributed by atoms with van der Waals surface area (Å²) in [5.74, 6) is -0.605. The largest absolute Gasteiger partial charge is 0.468 e. The first-order chi connectivity index (χ1) is 10.1. The van der Waals surface area contributed by atoms with Crippen LogP contribution in [-0.2, 0) is 9.53 Å². The zero-order valence-electron chi connectivity index (χ0n) is 12.1. The number of rotatable bonds is 5. The summed E-state index contributed by atoms with van der Waals surface area (Å²) in [4.78, 5) is 31.4. The van der Waals surface area contributed by atoms with Gasteiger partial charge in [-0.2, -0.15) is 0 Å². The number of hydrogen-bond acceptors (Lipinski definition) is 6. The molecular weight excluding hydrogens is 308 g/mol. The van der Waals surface area contributed by atoms with E-state index < -0.39 is 5.97 Å². The topological polar surface area (TPSA) is 59.5 Å². The lowest BCUT2D eigenvalue weighted by atomic mass is 10.3. The number of nitrogens with zero attached hydrogens (tertiary/aromatic N) is 2. The Morgan fingerprint density at radius 2 is 2.19 bits per heavy atom. The summed E-state index contributed by atoms with van der Waals surface area (Å²) in [6.45, 7) is 4.04. The van der Waals surface area contributed by atoms with Crippen molar-refractivity contribution < 1.29 is 14.3 Å². The average Bonchev–Trinajstić information content (AvgIpc) is 3.12. The minimum Gasteiger partial charge on any atom is -0.468 e. The molecule has 1 amide bonds. The van der Waals surface area contributed by atoms with Crippen molar-refractivity contribution in [2.24, 2.45) is 0 Å². The molecule has 0 saturated carbocycles. The van der Waals surface area contributed by atoms with E-state index in [0.717, 1.165) is 9.88 Å². The molecule has 2 heterocycles. The first-order valence-corrected chi connectivity index (χ1v) is 8.13. The molecule has 0 aliphatic rings. The zero-order chi connectivity index (χ0) is 15.4. The van der Waals surface area contributed by atoms with Gasteiger partial charge in [0, 0.05) is 6.54 Å². The second-order valence-corrected chi connectivity index (χ2v) is 6.25. The Labute approximate surface area is 131 Å². The van der Waals surface area contributed by atoms with Crippen LogP contribution in [-0.4, -0.2) is 42.0 Å². The minimum absolute atomic E-state index is 0.0441. The van der Waals surface area contributed by atoms with E-state index >= 15 is 0 Å². The van der Waals surface area contributed by atoms with E-state index in [1.807, 2.05) is 31.4 Å². The Bertz CT molecular complexity index is 635. The van der Waals surface area contributed by atoms with Gasteiger partial charge in [0.05, 0.1) is 17.7 Å². The number of carbonyl (C=O) groups is 2. The molecule has 0 spiro atoms. The summed E-state index contributed by atoms with van der Waals surface area (Å²) in [6.07, 6.45) is 0. The molecule has 7 heteroatoms. The first-order valence-electron chi connectivity index (χ1n) is 6.44. The fraction of sp³-hybridized carbons (Fsp3) is 0.357. The number of thiophene rings is 1. The van der Waals surface area contributed by atoms with Crippen LogP contribution in [0, 0.1) is 6.92 Å². The summed E-state index contributed by atoms with van der Waals surface area (Å²) in [7, 11) is 1.31. The molecule has 0 bridgehead atoms. The third-order valence-electron chi connectivity index (χ3n) is 2.94. The van der Waals surface area contributed by atoms with Crippen LogP contribution >= 0.6 is 22.7 Å². The van der Waals surface area contributed by atoms with E-state index in [1.165, 1.54) is 23.3 Å². The van der Waals surface area contributed by atoms with E-state index in [4.69, 9.17) is 0 Å². The van der Waals surface area contributed by atoms with Gasteiger partial charge in [0.2, 0.25) is 0 Å². The maximum absolute atomic E-state index is 12.5. The van der Waals surface area contributed by atoms with Crippen molar-refractivity contribution in [3.05, 3.63) is 28.1 Å². The summed E-state index contributed by atoms with van der Waals surface area (Å²) in [5, 5.41) is 2.81. The Kier molecular flexibility index (Phi) is 5.08. The summed E-state index contributed by atoms with van der Waals surface area (Å²) >= 11 is 2.95. The van der Waals surface area contributed by atoms with Crippen LogP contribution in [0.25, 0.3) is 9.88 Å². The normalized spacial score (nSPS) is 10.4. The standard InChI is InChI=1S/C14H16N2O3S2/c1-4-16(8-11(17)19-3)14(18)12-9(2)15-13(21-12)10-6-5-7-20-10/h5-7H,4,8H2,1-3H3. The van der Waals surface area contributed by atoms with Crippen LogP contribution < -0.4 is 0 Å². The number of hydrogen-bond donors (Lipinski definition) is 0. The van der Waals surface area contributed by atoms with Crippen molar-refractivity contribution in [1.82, 2.24) is 9.88 Å². The Hall–Kier alpha value is -1.73. The third-order valence-corrected chi connectivity index (χ3v) is 5.12. The number of aromatic nitrogens is 1. The smallest absolute Gasteiger partial charge is 0.325 e. The van der Waals surface area contributed by atoms with Crippen LogP contribution in [0.1, 0.15) is 22.3 Å². The van der Waals surface area contributed by atoms with E-state index in [2.05, 4.69) is 9.72 Å². The van der Waals surface area contributed by atoms with E-state index in [9.17, 15) is 9.59 Å². The molecule has 0 radical (unpaired) electrons. The highest BCUT2D eigenvalue weighted by Gasteiger charge is 2.23. The van der Waals surface area contributed by atoms with Gasteiger partial charge in [0.1, 0.15) is 16.4 Å². The Balaban J connectivity index is 2.24. The van der Waals surface area contributed by atoms with Gasteiger partial charge in [-0.05, 0) is 25.3 Å². The second kappa shape index (κ2) is 6.82. The number of amides is 1. The van der Waals surface area contributed by atoms with Crippen molar-refractivity contribution in [1.29, 1.82) is 0 Å². The highest BCUT2D eigenvalue weighted by atomic mass is 32.1. The molecule has 0 unspecified atom stereocenters. The van der Waals surface area contributed by atoms with E-state index in [0.29, 0.717) is 17.1 Å². The SMILES string of the molecule is CCN(CC(=O)OC)C(=O)c1sc(-c2cccs2)nc1C. The van der Waals surface area contributed by atoms with Crippen molar-refractivity contribution >= 4 is 34.6 Å². The van der Waals surface area contributed by atoms with Gasteiger partial charge >= 0.3 is 5.97 Å². The van der Waals surface area contributed by atoms with Crippen molar-refractivity contribution in [3.8, 4) is 9.88 Å². The molecule has 5 nitrogen and oxygen atoms in total. The van der Waals surface area contributed by atoms with Crippen LogP contribution in [0.3, 0.4) is 0 Å². The fourth-order valence-electron chi connectivity index (χ4n) is 1.79. The average molecular weight is 324 g/mol. The van der Waals surface area contributed by atoms with Gasteiger partial charge < -0.3 is 9.64 Å². The van der Waals surface area contributed by atoms with Gasteiger partial charge in [-0.1, -0.05) is 6.07 Å². The second-order valence-electron chi connectivity index (χ2n) is 4.31. The molecule has 2 aromatic heterocycles. The Morgan fingerprint density at radius 3 is 2.76 bits per heavy atom. The molecular formula is C14H16N2O3S2. The van der Waals surface area contributed by atoms with Gasteiger partial charge in [0.15, 0.2) is 0 Å². The quantitative estimate of drug-likeness (QED) is 0.794. The molecule has 0 aliphatic heterocycles. The highest BCUT2D eigenvalue weighted by molar-refractivity contribution is 7.22. The molecule has 0 fully saturated rings. The first kappa shape index (κ1) is 15.7. The molecule has 112 valence electrons. The van der Waals surface area contributed by atoms with Crippen LogP contribution in [0.5, 0.6) is 0 Å². The molecule has 0 aromatic carbocycles. The number of thiazole rings is 1. The van der Waals surface area contributed by atoms with Crippen LogP contribution in [0.2, 0.25) is 0 Å². The van der Waals surface area contributed by atoms with Gasteiger partial charge in [-0.3, -0.25) is 9.59 Å². The zero-order valence-corrected chi connectivity index (χ0v) is 13.7. The highest BCUT2D eigenvalue weighted by Crippen LogP contribution is 2.31. The minimum atomic E-state index is -0.425. The third kappa shape index (κ3) is 3.48. The van der Waals surface area contributed by atoms with Crippen LogP contribution in [0.4, 0.5) is 0 Å². The van der Waals surface area contributed by atoms with Gasteiger partial charge in [-0.25, -0.2) is 4.98 Å². The summed E-state index contributed by atoms with van der Waals surface area (Å²) in [6, 6.07) is 3.93. The van der Waals surface area contributed by atoms with Gasteiger partial charge in [-0.15, -0.1) is 22.7 Å². The van der Waals surface area contributed by atoms with Crippen molar-refractivity contribution in [2.45, 2.75) is 13.8 Å². The Morgan fingerprint density at radius 1 is 1.43 bits per heavy atom. The molecule has 2 rings (SSSR count). The van der Waals surface area contributed by atoms with Crippen molar-refractivity contribution in [2.75, 3.05) is 20.2 Å². The fourth-order valence-corrected chi connectivity index (χ4v) is 3.62. The molecule has 0 aliphatic carbocycles. The number of aryl methyl sites for hydroxylation is 1. The molecule has 0 N–H and O–H groups in total. The summed E-state index contributed by atoms with van der Waals surface area (Å²) < 4.78 is 4.62. The van der Waals surface area contributed by atoms with E-state index in [1.54, 1.807) is 11.3 Å². The predicted molar refractivity (Wildman–Crippen MR) is 83.8 cm³/mol.